The van der Waals surface area contributed by atoms with Crippen LogP contribution in [0.1, 0.15) is 51.2 Å². The lowest BCUT2D eigenvalue weighted by Crippen LogP contribution is -2.61. The number of benzene rings is 2. The van der Waals surface area contributed by atoms with E-state index >= 15 is 0 Å². The highest BCUT2D eigenvalue weighted by atomic mass is 16.5. The highest BCUT2D eigenvalue weighted by Crippen LogP contribution is 2.35. The quantitative estimate of drug-likeness (QED) is 0.397. The number of carbonyl (C=O) groups is 3. The van der Waals surface area contributed by atoms with Gasteiger partial charge in [-0.05, 0) is 64.0 Å². The van der Waals surface area contributed by atoms with Crippen LogP contribution in [-0.2, 0) is 27.2 Å². The van der Waals surface area contributed by atoms with Gasteiger partial charge in [-0.3, -0.25) is 15.0 Å². The SMILES string of the molecule is CCOC(=O)[C@]1(Cc2ccccc2)CCCN(C(=O)N(CCCc2ccccc2)NC(=O)C(C)(C)N)C1. The Morgan fingerprint density at radius 3 is 2.27 bits per heavy atom. The fourth-order valence-electron chi connectivity index (χ4n) is 4.67. The number of aryl methyl sites for hydroxylation is 1. The summed E-state index contributed by atoms with van der Waals surface area (Å²) in [4.78, 5) is 41.4. The minimum absolute atomic E-state index is 0.219. The molecule has 0 unspecified atom stereocenters. The maximum atomic E-state index is 13.8. The monoisotopic (exact) mass is 508 g/mol. The molecule has 2 aromatic rings. The van der Waals surface area contributed by atoms with E-state index in [2.05, 4.69) is 5.43 Å². The maximum Gasteiger partial charge on any atom is 0.338 e. The number of urea groups is 1. The third kappa shape index (κ3) is 7.79. The molecule has 8 nitrogen and oxygen atoms in total. The number of piperidine rings is 1. The number of hydrazine groups is 1. The van der Waals surface area contributed by atoms with Gasteiger partial charge in [0.05, 0.1) is 17.6 Å². The highest BCUT2D eigenvalue weighted by molar-refractivity contribution is 5.87. The van der Waals surface area contributed by atoms with Crippen LogP contribution in [0.4, 0.5) is 4.79 Å². The van der Waals surface area contributed by atoms with Crippen LogP contribution in [0.2, 0.25) is 0 Å². The Kier molecular flexibility index (Phi) is 9.69. The normalized spacial score (nSPS) is 17.7. The topological polar surface area (TPSA) is 105 Å². The van der Waals surface area contributed by atoms with Crippen LogP contribution < -0.4 is 11.2 Å². The number of ether oxygens (including phenoxy) is 1. The Morgan fingerprint density at radius 1 is 1.05 bits per heavy atom. The Balaban J connectivity index is 1.79. The number of esters is 1. The number of nitrogens with one attached hydrogen (secondary N) is 1. The molecule has 1 fully saturated rings. The first-order valence-electron chi connectivity index (χ1n) is 13.1. The summed E-state index contributed by atoms with van der Waals surface area (Å²) in [6.45, 7) is 6.29. The van der Waals surface area contributed by atoms with Crippen LogP contribution in [-0.4, -0.2) is 59.6 Å². The van der Waals surface area contributed by atoms with Crippen molar-refractivity contribution in [2.24, 2.45) is 11.1 Å². The molecule has 0 aliphatic carbocycles. The molecule has 37 heavy (non-hydrogen) atoms. The molecule has 1 aliphatic heterocycles. The lowest BCUT2D eigenvalue weighted by atomic mass is 9.75. The third-order valence-corrected chi connectivity index (χ3v) is 6.68. The minimum atomic E-state index is -1.15. The maximum absolute atomic E-state index is 13.8. The number of nitrogens with zero attached hydrogens (tertiary/aromatic N) is 2. The van der Waals surface area contributed by atoms with E-state index in [0.29, 0.717) is 38.8 Å². The van der Waals surface area contributed by atoms with Gasteiger partial charge in [-0.1, -0.05) is 60.7 Å². The van der Waals surface area contributed by atoms with E-state index in [9.17, 15) is 14.4 Å². The molecule has 0 radical (unpaired) electrons. The zero-order valence-electron chi connectivity index (χ0n) is 22.2. The van der Waals surface area contributed by atoms with Crippen molar-refractivity contribution in [3.63, 3.8) is 0 Å². The lowest BCUT2D eigenvalue weighted by Gasteiger charge is -2.42. The number of amides is 3. The van der Waals surface area contributed by atoms with Gasteiger partial charge in [0, 0.05) is 19.6 Å². The van der Waals surface area contributed by atoms with Crippen molar-refractivity contribution in [3.05, 3.63) is 71.8 Å². The zero-order valence-corrected chi connectivity index (χ0v) is 22.2. The molecule has 3 amide bonds. The molecule has 0 saturated carbocycles. The fraction of sp³-hybridized carbons (Fsp3) is 0.483. The number of nitrogens with two attached hydrogens (primary N) is 1. The Hall–Kier alpha value is -3.39. The van der Waals surface area contributed by atoms with Crippen LogP contribution in [0.25, 0.3) is 0 Å². The molecular weight excluding hydrogens is 468 g/mol. The largest absolute Gasteiger partial charge is 0.466 e. The van der Waals surface area contributed by atoms with Gasteiger partial charge in [0.25, 0.3) is 5.91 Å². The van der Waals surface area contributed by atoms with Crippen LogP contribution in [0, 0.1) is 5.41 Å². The summed E-state index contributed by atoms with van der Waals surface area (Å²) in [6, 6.07) is 19.5. The minimum Gasteiger partial charge on any atom is -0.466 e. The van der Waals surface area contributed by atoms with Gasteiger partial charge >= 0.3 is 12.0 Å². The van der Waals surface area contributed by atoms with E-state index in [1.165, 1.54) is 5.01 Å². The summed E-state index contributed by atoms with van der Waals surface area (Å²) in [5.41, 5.74) is 8.91. The van der Waals surface area contributed by atoms with E-state index in [-0.39, 0.29) is 25.2 Å². The van der Waals surface area contributed by atoms with E-state index in [0.717, 1.165) is 17.5 Å². The molecule has 1 heterocycles. The van der Waals surface area contributed by atoms with Crippen LogP contribution >= 0.6 is 0 Å². The molecule has 3 N–H and O–H groups in total. The lowest BCUT2D eigenvalue weighted by molar-refractivity contribution is -0.158. The second-order valence-corrected chi connectivity index (χ2v) is 10.4. The van der Waals surface area contributed by atoms with Crippen molar-refractivity contribution < 1.29 is 19.1 Å². The molecular formula is C29H40N4O4. The molecule has 0 aromatic heterocycles. The first kappa shape index (κ1) is 28.2. The van der Waals surface area contributed by atoms with Crippen molar-refractivity contribution in [3.8, 4) is 0 Å². The van der Waals surface area contributed by atoms with Crippen molar-refractivity contribution in [2.75, 3.05) is 26.2 Å². The number of likely N-dealkylation sites (tertiary alicyclic amines) is 1. The van der Waals surface area contributed by atoms with Gasteiger partial charge in [0.2, 0.25) is 0 Å². The molecule has 0 bridgehead atoms. The third-order valence-electron chi connectivity index (χ3n) is 6.68. The van der Waals surface area contributed by atoms with Gasteiger partial charge in [-0.2, -0.15) is 0 Å². The Labute approximate surface area is 220 Å². The molecule has 0 spiro atoms. The highest BCUT2D eigenvalue weighted by Gasteiger charge is 2.45. The van der Waals surface area contributed by atoms with E-state index in [1.807, 2.05) is 60.7 Å². The molecule has 8 heteroatoms. The average molecular weight is 509 g/mol. The number of hydrogen-bond donors (Lipinski definition) is 2. The van der Waals surface area contributed by atoms with Gasteiger partial charge in [0.15, 0.2) is 0 Å². The van der Waals surface area contributed by atoms with Crippen molar-refractivity contribution in [1.29, 1.82) is 0 Å². The summed E-state index contributed by atoms with van der Waals surface area (Å²) in [7, 11) is 0. The van der Waals surface area contributed by atoms with Crippen molar-refractivity contribution in [2.45, 2.75) is 58.4 Å². The predicted molar refractivity (Wildman–Crippen MR) is 143 cm³/mol. The first-order valence-corrected chi connectivity index (χ1v) is 13.1. The molecule has 1 aliphatic rings. The van der Waals surface area contributed by atoms with E-state index in [4.69, 9.17) is 10.5 Å². The van der Waals surface area contributed by atoms with Gasteiger partial charge < -0.3 is 15.4 Å². The van der Waals surface area contributed by atoms with Crippen LogP contribution in [0.5, 0.6) is 0 Å². The summed E-state index contributed by atoms with van der Waals surface area (Å²) in [6.07, 6.45) is 3.17. The van der Waals surface area contributed by atoms with Crippen molar-refractivity contribution >= 4 is 17.9 Å². The number of rotatable bonds is 9. The molecule has 1 saturated heterocycles. The van der Waals surface area contributed by atoms with Crippen LogP contribution in [0.3, 0.4) is 0 Å². The predicted octanol–water partition coefficient (Wildman–Crippen LogP) is 3.70. The second kappa shape index (κ2) is 12.7. The first-order chi connectivity index (χ1) is 17.6. The molecule has 200 valence electrons. The standard InChI is InChI=1S/C29H40N4O4/c1-4-37-26(35)29(21-24-15-9-6-10-16-24)18-12-19-32(22-29)27(36)33(31-25(34)28(2,3)30)20-11-17-23-13-7-5-8-14-23/h5-10,13-16H,4,11-12,17-22,30H2,1-3H3,(H,31,34)/t29-/m0/s1. The van der Waals surface area contributed by atoms with Gasteiger partial charge in [0.1, 0.15) is 0 Å². The van der Waals surface area contributed by atoms with Gasteiger partial charge in [-0.25, -0.2) is 9.80 Å². The van der Waals surface area contributed by atoms with Crippen molar-refractivity contribution in [1.82, 2.24) is 15.3 Å². The fourth-order valence-corrected chi connectivity index (χ4v) is 4.67. The second-order valence-electron chi connectivity index (χ2n) is 10.4. The molecule has 2 aromatic carbocycles. The zero-order chi connectivity index (χ0) is 26.9. The molecule has 1 atom stereocenters. The Bertz CT molecular complexity index is 1040. The summed E-state index contributed by atoms with van der Waals surface area (Å²) in [5, 5.41) is 1.35. The number of hydrogen-bond acceptors (Lipinski definition) is 5. The number of carbonyl (C=O) groups excluding carboxylic acids is 3. The van der Waals surface area contributed by atoms with E-state index < -0.39 is 16.9 Å². The molecule has 3 rings (SSSR count). The van der Waals surface area contributed by atoms with Crippen LogP contribution in [0.15, 0.2) is 60.7 Å². The summed E-state index contributed by atoms with van der Waals surface area (Å²) in [5.74, 6) is -0.738. The smallest absolute Gasteiger partial charge is 0.338 e. The van der Waals surface area contributed by atoms with E-state index in [1.54, 1.807) is 25.7 Å². The Morgan fingerprint density at radius 2 is 1.68 bits per heavy atom. The van der Waals surface area contributed by atoms with Gasteiger partial charge in [-0.15, -0.1) is 0 Å². The summed E-state index contributed by atoms with van der Waals surface area (Å²) >= 11 is 0. The average Bonchev–Trinajstić information content (AvgIpc) is 2.88. The summed E-state index contributed by atoms with van der Waals surface area (Å²) < 4.78 is 5.49.